The number of hydrogen-bond acceptors (Lipinski definition) is 5. The molecule has 0 aliphatic rings. The summed E-state index contributed by atoms with van der Waals surface area (Å²) >= 11 is 3.24. The number of aromatic nitrogens is 2. The Morgan fingerprint density at radius 3 is 2.57 bits per heavy atom. The second-order valence-corrected chi connectivity index (χ2v) is 8.96. The fourth-order valence-electron chi connectivity index (χ4n) is 3.12. The zero-order chi connectivity index (χ0) is 20.9. The molecule has 0 radical (unpaired) electrons. The minimum Gasteiger partial charge on any atom is -0.354 e. The molecule has 2 heterocycles. The van der Waals surface area contributed by atoms with E-state index in [0.29, 0.717) is 11.9 Å². The van der Waals surface area contributed by atoms with Gasteiger partial charge in [-0.15, -0.1) is 23.1 Å². The van der Waals surface area contributed by atoms with E-state index in [9.17, 15) is 9.59 Å². The number of hydrogen-bond donors (Lipinski definition) is 1. The van der Waals surface area contributed by atoms with E-state index in [1.54, 1.807) is 29.2 Å². The zero-order valence-electron chi connectivity index (χ0n) is 16.5. The van der Waals surface area contributed by atoms with Gasteiger partial charge in [-0.25, -0.2) is 4.68 Å². The van der Waals surface area contributed by atoms with Crippen molar-refractivity contribution in [1.29, 1.82) is 0 Å². The van der Waals surface area contributed by atoms with Crippen molar-refractivity contribution in [3.05, 3.63) is 82.0 Å². The highest BCUT2D eigenvalue weighted by Crippen LogP contribution is 2.28. The Labute approximate surface area is 182 Å². The maximum absolute atomic E-state index is 12.8. The molecule has 5 nitrogen and oxygen atoms in total. The van der Waals surface area contributed by atoms with Crippen molar-refractivity contribution in [1.82, 2.24) is 15.1 Å². The molecule has 4 aromatic rings. The number of nitrogens with one attached hydrogen (secondary N) is 1. The van der Waals surface area contributed by atoms with Gasteiger partial charge >= 0.3 is 0 Å². The number of amides is 1. The number of fused-ring (bicyclic) bond motifs is 1. The molecule has 2 aromatic carbocycles. The third-order valence-corrected chi connectivity index (χ3v) is 6.52. The maximum atomic E-state index is 12.8. The van der Waals surface area contributed by atoms with Crippen molar-refractivity contribution in [2.24, 2.45) is 0 Å². The Bertz CT molecular complexity index is 1220. The zero-order valence-corrected chi connectivity index (χ0v) is 18.1. The molecule has 30 heavy (non-hydrogen) atoms. The van der Waals surface area contributed by atoms with Gasteiger partial charge in [-0.2, -0.15) is 5.10 Å². The van der Waals surface area contributed by atoms with E-state index in [0.717, 1.165) is 21.7 Å². The second kappa shape index (κ2) is 9.28. The van der Waals surface area contributed by atoms with Crippen LogP contribution in [0, 0.1) is 6.92 Å². The Hall–Kier alpha value is -2.90. The van der Waals surface area contributed by atoms with Crippen LogP contribution in [-0.4, -0.2) is 28.0 Å². The highest BCUT2D eigenvalue weighted by Gasteiger charge is 2.14. The van der Waals surface area contributed by atoms with E-state index in [1.807, 2.05) is 35.7 Å². The third kappa shape index (κ3) is 4.63. The van der Waals surface area contributed by atoms with Gasteiger partial charge in [0.15, 0.2) is 0 Å². The van der Waals surface area contributed by atoms with E-state index >= 15 is 0 Å². The summed E-state index contributed by atoms with van der Waals surface area (Å²) in [4.78, 5) is 27.4. The van der Waals surface area contributed by atoms with Crippen LogP contribution in [0.5, 0.6) is 0 Å². The molecule has 4 rings (SSSR count). The molecule has 1 amide bonds. The molecule has 0 spiro atoms. The van der Waals surface area contributed by atoms with Gasteiger partial charge in [0.25, 0.3) is 5.56 Å². The standard InChI is InChI=1S/C23H21N3O2S2/c1-16-8-10-17(11-9-16)29-14-12-24-21(27)15-26-23(28)19-6-3-2-5-18(19)22(25-26)20-7-4-13-30-20/h2-11,13H,12,14-15H2,1H3,(H,24,27). The van der Waals surface area contributed by atoms with Crippen molar-refractivity contribution in [3.8, 4) is 10.6 Å². The number of rotatable bonds is 7. The summed E-state index contributed by atoms with van der Waals surface area (Å²) in [5.41, 5.74) is 1.70. The van der Waals surface area contributed by atoms with Crippen LogP contribution < -0.4 is 10.9 Å². The number of thiophene rings is 1. The number of carbonyl (C=O) groups excluding carboxylic acids is 1. The Morgan fingerprint density at radius 1 is 1.07 bits per heavy atom. The molecular weight excluding hydrogens is 414 g/mol. The van der Waals surface area contributed by atoms with E-state index in [4.69, 9.17) is 0 Å². The van der Waals surface area contributed by atoms with Gasteiger partial charge in [-0.05, 0) is 36.6 Å². The molecule has 0 unspecified atom stereocenters. The van der Waals surface area contributed by atoms with Crippen LogP contribution >= 0.6 is 23.1 Å². The largest absolute Gasteiger partial charge is 0.354 e. The molecule has 152 valence electrons. The smallest absolute Gasteiger partial charge is 0.275 e. The Balaban J connectivity index is 1.45. The van der Waals surface area contributed by atoms with Crippen LogP contribution in [0.3, 0.4) is 0 Å². The minimum absolute atomic E-state index is 0.1000. The maximum Gasteiger partial charge on any atom is 0.275 e. The molecule has 2 aromatic heterocycles. The van der Waals surface area contributed by atoms with E-state index in [2.05, 4.69) is 41.6 Å². The van der Waals surface area contributed by atoms with Gasteiger partial charge in [0.2, 0.25) is 5.91 Å². The molecule has 0 fully saturated rings. The Kier molecular flexibility index (Phi) is 6.30. The average Bonchev–Trinajstić information content (AvgIpc) is 3.29. The lowest BCUT2D eigenvalue weighted by molar-refractivity contribution is -0.121. The van der Waals surface area contributed by atoms with Gasteiger partial charge in [0, 0.05) is 22.6 Å². The summed E-state index contributed by atoms with van der Waals surface area (Å²) < 4.78 is 1.26. The van der Waals surface area contributed by atoms with Crippen LogP contribution in [0.15, 0.2) is 75.7 Å². The predicted octanol–water partition coefficient (Wildman–Crippen LogP) is 4.34. The average molecular weight is 436 g/mol. The summed E-state index contributed by atoms with van der Waals surface area (Å²) in [7, 11) is 0. The molecule has 0 bridgehead atoms. The molecule has 0 saturated carbocycles. The van der Waals surface area contributed by atoms with Gasteiger partial charge in [0.05, 0.1) is 10.3 Å². The Morgan fingerprint density at radius 2 is 1.83 bits per heavy atom. The highest BCUT2D eigenvalue weighted by molar-refractivity contribution is 7.99. The first-order valence-corrected chi connectivity index (χ1v) is 11.5. The molecule has 0 atom stereocenters. The van der Waals surface area contributed by atoms with Gasteiger partial charge in [0.1, 0.15) is 12.2 Å². The lowest BCUT2D eigenvalue weighted by atomic mass is 10.1. The fraction of sp³-hybridized carbons (Fsp3) is 0.174. The lowest BCUT2D eigenvalue weighted by Gasteiger charge is -2.10. The van der Waals surface area contributed by atoms with Crippen molar-refractivity contribution >= 4 is 39.8 Å². The first kappa shape index (κ1) is 20.4. The van der Waals surface area contributed by atoms with E-state index in [1.165, 1.54) is 15.1 Å². The molecule has 1 N–H and O–H groups in total. The summed E-state index contributed by atoms with van der Waals surface area (Å²) in [6, 6.07) is 19.6. The summed E-state index contributed by atoms with van der Waals surface area (Å²) in [6.07, 6.45) is 0. The van der Waals surface area contributed by atoms with Gasteiger partial charge < -0.3 is 5.32 Å². The molecule has 7 heteroatoms. The van der Waals surface area contributed by atoms with Crippen molar-refractivity contribution in [2.75, 3.05) is 12.3 Å². The predicted molar refractivity (Wildman–Crippen MR) is 124 cm³/mol. The molecule has 0 aliphatic heterocycles. The number of aryl methyl sites for hydroxylation is 1. The van der Waals surface area contributed by atoms with Gasteiger partial charge in [-0.3, -0.25) is 9.59 Å². The first-order valence-electron chi connectivity index (χ1n) is 9.62. The number of carbonyl (C=O) groups is 1. The minimum atomic E-state index is -0.255. The quantitative estimate of drug-likeness (QED) is 0.346. The first-order chi connectivity index (χ1) is 14.6. The summed E-state index contributed by atoms with van der Waals surface area (Å²) in [5, 5.41) is 10.7. The lowest BCUT2D eigenvalue weighted by Crippen LogP contribution is -2.35. The van der Waals surface area contributed by atoms with Crippen molar-refractivity contribution in [3.63, 3.8) is 0 Å². The highest BCUT2D eigenvalue weighted by atomic mass is 32.2. The summed E-state index contributed by atoms with van der Waals surface area (Å²) in [5.74, 6) is 0.538. The number of benzene rings is 2. The SMILES string of the molecule is Cc1ccc(SCCNC(=O)Cn2nc(-c3cccs3)c3ccccc3c2=O)cc1. The van der Waals surface area contributed by atoms with Gasteiger partial charge in [-0.1, -0.05) is 42.0 Å². The van der Waals surface area contributed by atoms with E-state index in [-0.39, 0.29) is 18.0 Å². The second-order valence-electron chi connectivity index (χ2n) is 6.85. The normalized spacial score (nSPS) is 11.0. The van der Waals surface area contributed by atoms with Crippen molar-refractivity contribution < 1.29 is 4.79 Å². The molecule has 0 aliphatic carbocycles. The van der Waals surface area contributed by atoms with Crippen LogP contribution in [0.2, 0.25) is 0 Å². The van der Waals surface area contributed by atoms with Crippen LogP contribution in [0.4, 0.5) is 0 Å². The molecule has 0 saturated heterocycles. The summed E-state index contributed by atoms with van der Waals surface area (Å²) in [6.45, 7) is 2.48. The van der Waals surface area contributed by atoms with Crippen LogP contribution in [0.25, 0.3) is 21.3 Å². The van der Waals surface area contributed by atoms with Crippen LogP contribution in [0.1, 0.15) is 5.56 Å². The molecular formula is C23H21N3O2S2. The number of thioether (sulfide) groups is 1. The van der Waals surface area contributed by atoms with Crippen LogP contribution in [-0.2, 0) is 11.3 Å². The van der Waals surface area contributed by atoms with Crippen molar-refractivity contribution in [2.45, 2.75) is 18.4 Å². The fourth-order valence-corrected chi connectivity index (χ4v) is 4.62. The topological polar surface area (TPSA) is 64.0 Å². The third-order valence-electron chi connectivity index (χ3n) is 4.63. The monoisotopic (exact) mass is 435 g/mol. The number of nitrogens with zero attached hydrogens (tertiary/aromatic N) is 2. The van der Waals surface area contributed by atoms with E-state index < -0.39 is 0 Å².